The number of rotatable bonds is 22. The highest BCUT2D eigenvalue weighted by molar-refractivity contribution is 8.76. The molecule has 1 saturated heterocycles. The first-order chi connectivity index (χ1) is 41.6. The van der Waals surface area contributed by atoms with E-state index in [0.29, 0.717) is 46.7 Å². The predicted molar refractivity (Wildman–Crippen MR) is 324 cm³/mol. The molecule has 0 aliphatic carbocycles. The summed E-state index contributed by atoms with van der Waals surface area (Å²) in [6, 6.07) is 14.2. The second kappa shape index (κ2) is 33.3. The van der Waals surface area contributed by atoms with Gasteiger partial charge in [0.1, 0.15) is 59.8 Å². The third-order valence-corrected chi connectivity index (χ3v) is 16.4. The van der Waals surface area contributed by atoms with Crippen molar-refractivity contribution in [2.75, 3.05) is 25.1 Å². The molecule has 16 N–H and O–H groups in total. The van der Waals surface area contributed by atoms with Gasteiger partial charge < -0.3 is 79.1 Å². The Morgan fingerprint density at radius 3 is 1.72 bits per heavy atom. The number of halogens is 1. The zero-order valence-corrected chi connectivity index (χ0v) is 49.8. The first-order valence-corrected chi connectivity index (χ1v) is 30.5. The summed E-state index contributed by atoms with van der Waals surface area (Å²) in [5.41, 5.74) is 13.3. The molecule has 0 bridgehead atoms. The van der Waals surface area contributed by atoms with Crippen LogP contribution in [-0.2, 0) is 64.0 Å². The highest BCUT2D eigenvalue weighted by atomic mass is 35.5. The highest BCUT2D eigenvalue weighted by Gasteiger charge is 2.37. The Morgan fingerprint density at radius 2 is 1.17 bits per heavy atom. The third kappa shape index (κ3) is 21.4. The van der Waals surface area contributed by atoms with Crippen molar-refractivity contribution in [3.05, 3.63) is 154 Å². The van der Waals surface area contributed by atoms with Gasteiger partial charge in [-0.3, -0.25) is 47.9 Å². The second-order valence-corrected chi connectivity index (χ2v) is 23.5. The number of furan rings is 1. The molecule has 1 aromatic heterocycles. The summed E-state index contributed by atoms with van der Waals surface area (Å²) in [6.45, 7) is 1.72. The summed E-state index contributed by atoms with van der Waals surface area (Å²) >= 11 is 6.17. The summed E-state index contributed by atoms with van der Waals surface area (Å²) < 4.78 is 5.29. The fourth-order valence-electron chi connectivity index (χ4n) is 8.92. The smallest absolute Gasteiger partial charge is 0.287 e. The molecule has 0 radical (unpaired) electrons. The molecule has 6 rings (SSSR count). The van der Waals surface area contributed by atoms with E-state index in [9.17, 15) is 58.5 Å². The van der Waals surface area contributed by atoms with Gasteiger partial charge in [0, 0.05) is 47.8 Å². The monoisotopic (exact) mass is 1260 g/mol. The minimum absolute atomic E-state index is 0.0322. The molecule has 464 valence electrons. The number of primary amides is 2. The van der Waals surface area contributed by atoms with Crippen LogP contribution in [0, 0.1) is 0 Å². The van der Waals surface area contributed by atoms with Crippen molar-refractivity contribution in [3.63, 3.8) is 0 Å². The fraction of sp³-hybridized carbons (Fsp3) is 0.356. The average molecular weight is 1260 g/mol. The van der Waals surface area contributed by atoms with E-state index in [0.717, 1.165) is 21.6 Å². The van der Waals surface area contributed by atoms with E-state index in [-0.39, 0.29) is 66.4 Å². The summed E-state index contributed by atoms with van der Waals surface area (Å²) in [7, 11) is 3.54. The van der Waals surface area contributed by atoms with Crippen molar-refractivity contribution in [1.29, 1.82) is 0 Å². The first-order valence-electron chi connectivity index (χ1n) is 27.6. The van der Waals surface area contributed by atoms with E-state index in [1.54, 1.807) is 31.3 Å². The van der Waals surface area contributed by atoms with Crippen LogP contribution in [0.4, 0.5) is 0 Å². The topological polar surface area (TPSA) is 405 Å². The van der Waals surface area contributed by atoms with Gasteiger partial charge in [0.25, 0.3) is 5.91 Å². The Morgan fingerprint density at radius 1 is 0.644 bits per heavy atom. The van der Waals surface area contributed by atoms with Crippen molar-refractivity contribution in [3.8, 4) is 11.5 Å². The molecule has 87 heavy (non-hydrogen) atoms. The zero-order chi connectivity index (χ0) is 63.2. The Labute approximate surface area is 513 Å². The van der Waals surface area contributed by atoms with Gasteiger partial charge in [0.15, 0.2) is 5.76 Å². The number of hydrogen-bond acceptors (Lipinski definition) is 17. The summed E-state index contributed by atoms with van der Waals surface area (Å²) in [5.74, 6) is -10.2. The fourth-order valence-corrected chi connectivity index (χ4v) is 11.4. The lowest BCUT2D eigenvalue weighted by atomic mass is 10.00. The van der Waals surface area contributed by atoms with Crippen molar-refractivity contribution in [2.24, 2.45) is 11.5 Å². The lowest BCUT2D eigenvalue weighted by Crippen LogP contribution is -2.62. The van der Waals surface area contributed by atoms with E-state index in [2.05, 4.69) is 47.9 Å². The van der Waals surface area contributed by atoms with Gasteiger partial charge in [0.05, 0.1) is 12.4 Å². The lowest BCUT2D eigenvalue weighted by molar-refractivity contribution is -0.136. The number of unbranched alkanes of at least 4 members (excludes halogenated alkanes) is 1. The minimum atomic E-state index is -1.78. The van der Waals surface area contributed by atoms with Gasteiger partial charge >= 0.3 is 0 Å². The number of aromatic hydroxyl groups is 2. The van der Waals surface area contributed by atoms with Gasteiger partial charge in [-0.15, -0.1) is 0 Å². The Bertz CT molecular complexity index is 3180. The largest absolute Gasteiger partial charge is 0.508 e. The van der Waals surface area contributed by atoms with Gasteiger partial charge in [-0.05, 0) is 123 Å². The normalized spacial score (nSPS) is 20.1. The number of carbonyl (C=O) groups is 10. The number of benzene rings is 4. The Hall–Kier alpha value is -8.63. The van der Waals surface area contributed by atoms with E-state index >= 15 is 4.79 Å². The molecule has 0 spiro atoms. The minimum Gasteiger partial charge on any atom is -0.508 e. The maximum atomic E-state index is 15.0. The standard InChI is InChI=1S/C59H70ClN11O14S2/c1-32(72)49-59(84)70-47(56(81)65-42(51(62)76)26-35-12-20-39(73)21-13-35)31-87-86-30-46(69-55(80)45(28-34-10-18-38(60)19-11-34)68-58(83)48-7-5-25-85-48)57(82)67-44(29-36-14-22-40(74)23-15-36)54(79)66-43(27-33-8-16-37(17-9-33)50(61)75)53(78)64-41(52(77)71-49)6-3-4-24-63-2/h5,7-23,25,32,41-47,49,63,72-74H,3-4,6,24,26-31H2,1-2H3,(H2,61,75)(H2,62,76)(H,64,78)(H,65,81)(H,66,79)(H,67,82)(H,68,83)(H,69,80)(H,70,84)(H,71,77)/t32-,41+,42-,43-,44+,45+,46-,47+,49+/m1/s1. The van der Waals surface area contributed by atoms with Crippen molar-refractivity contribution < 1.29 is 67.7 Å². The number of amides is 10. The molecule has 25 nitrogen and oxygen atoms in total. The number of phenols is 2. The van der Waals surface area contributed by atoms with Crippen LogP contribution in [0.5, 0.6) is 11.5 Å². The lowest BCUT2D eigenvalue weighted by Gasteiger charge is -2.29. The van der Waals surface area contributed by atoms with Crippen molar-refractivity contribution in [2.45, 2.75) is 106 Å². The van der Waals surface area contributed by atoms with E-state index < -0.39 is 114 Å². The number of aliphatic hydroxyl groups excluding tert-OH is 1. The van der Waals surface area contributed by atoms with Gasteiger partial charge in [-0.1, -0.05) is 81.7 Å². The van der Waals surface area contributed by atoms with Crippen molar-refractivity contribution in [1.82, 2.24) is 47.9 Å². The second-order valence-electron chi connectivity index (χ2n) is 20.5. The van der Waals surface area contributed by atoms with Gasteiger partial charge in [-0.2, -0.15) is 0 Å². The molecule has 1 aliphatic heterocycles. The molecule has 28 heteroatoms. The summed E-state index contributed by atoms with van der Waals surface area (Å²) in [4.78, 5) is 141. The summed E-state index contributed by atoms with van der Waals surface area (Å²) in [6.07, 6.45) is -0.395. The number of hydrogen-bond donors (Lipinski definition) is 14. The van der Waals surface area contributed by atoms with Crippen LogP contribution in [0.1, 0.15) is 69.4 Å². The van der Waals surface area contributed by atoms with Crippen LogP contribution in [0.2, 0.25) is 5.02 Å². The number of phenolic OH excluding ortho intramolecular Hbond substituents is 2. The van der Waals surface area contributed by atoms with Crippen LogP contribution >= 0.6 is 33.2 Å². The van der Waals surface area contributed by atoms with Crippen LogP contribution in [0.15, 0.2) is 120 Å². The molecule has 0 unspecified atom stereocenters. The summed E-state index contributed by atoms with van der Waals surface area (Å²) in [5, 5.41) is 55.7. The van der Waals surface area contributed by atoms with Gasteiger partial charge in [0.2, 0.25) is 53.2 Å². The predicted octanol–water partition coefficient (Wildman–Crippen LogP) is 0.557. The molecular weight excluding hydrogens is 1190 g/mol. The molecule has 2 heterocycles. The number of nitrogens with one attached hydrogen (secondary N) is 9. The van der Waals surface area contributed by atoms with E-state index in [1.807, 2.05) is 0 Å². The van der Waals surface area contributed by atoms with E-state index in [1.165, 1.54) is 98.1 Å². The molecule has 5 aromatic rings. The average Bonchev–Trinajstić information content (AvgIpc) is 3.55. The Kier molecular flexibility index (Phi) is 25.9. The van der Waals surface area contributed by atoms with Crippen LogP contribution < -0.4 is 59.3 Å². The number of aliphatic hydroxyl groups is 1. The number of carbonyl (C=O) groups excluding carboxylic acids is 10. The van der Waals surface area contributed by atoms with Crippen LogP contribution in [-0.4, -0.2) is 154 Å². The maximum absolute atomic E-state index is 15.0. The SMILES string of the molecule is CNCCCC[C@@H]1NC(=O)[C@@H](Cc2ccc(C(N)=O)cc2)NC(=O)[C@H](Cc2ccc(O)cc2)NC(=O)[C@H](NC(=O)[C@H](Cc2ccc(Cl)cc2)NC(=O)c2ccco2)CSSC[C@@H](C(=O)N[C@H](Cc2ccc(O)cc2)C(N)=O)NC(=O)[C@H]([C@@H](C)O)NC1=O. The Balaban J connectivity index is 1.43. The molecule has 9 atom stereocenters. The third-order valence-electron chi connectivity index (χ3n) is 13.8. The molecule has 1 aliphatic rings. The van der Waals surface area contributed by atoms with E-state index in [4.69, 9.17) is 27.5 Å². The molecule has 1 fully saturated rings. The zero-order valence-electron chi connectivity index (χ0n) is 47.4. The first kappa shape index (κ1) is 67.5. The molecular formula is C59H70ClN11O14S2. The van der Waals surface area contributed by atoms with Gasteiger partial charge in [-0.25, -0.2) is 0 Å². The quantitative estimate of drug-likeness (QED) is 0.0332. The van der Waals surface area contributed by atoms with Crippen LogP contribution in [0.25, 0.3) is 0 Å². The maximum Gasteiger partial charge on any atom is 0.287 e. The van der Waals surface area contributed by atoms with Crippen molar-refractivity contribution >= 4 is 92.3 Å². The number of nitrogens with two attached hydrogens (primary N) is 2. The highest BCUT2D eigenvalue weighted by Crippen LogP contribution is 2.25. The molecule has 4 aromatic carbocycles. The molecule has 0 saturated carbocycles. The molecule has 10 amide bonds. The van der Waals surface area contributed by atoms with Crippen LogP contribution in [0.3, 0.4) is 0 Å².